The minimum absolute atomic E-state index is 0.137. The minimum Gasteiger partial charge on any atom is -0.497 e. The van der Waals surface area contributed by atoms with E-state index in [1.165, 1.54) is 6.07 Å². The van der Waals surface area contributed by atoms with Crippen LogP contribution < -0.4 is 15.2 Å². The van der Waals surface area contributed by atoms with Gasteiger partial charge in [-0.05, 0) is 65.6 Å². The summed E-state index contributed by atoms with van der Waals surface area (Å²) >= 11 is 0. The predicted octanol–water partition coefficient (Wildman–Crippen LogP) is 4.30. The number of methoxy groups -OCH3 is 1. The number of halogens is 3. The Kier molecular flexibility index (Phi) is 9.90. The fourth-order valence-electron chi connectivity index (χ4n) is 3.09. The van der Waals surface area contributed by atoms with Crippen LogP contribution in [0.25, 0.3) is 0 Å². The van der Waals surface area contributed by atoms with Crippen LogP contribution in [0.4, 0.5) is 13.2 Å². The molecule has 2 aromatic rings. The number of aliphatic hydroxyl groups excluding tert-OH is 1. The molecule has 0 aliphatic rings. The maximum absolute atomic E-state index is 13.6. The lowest BCUT2D eigenvalue weighted by molar-refractivity contribution is -0.139. The fourth-order valence-corrected chi connectivity index (χ4v) is 3.44. The van der Waals surface area contributed by atoms with Gasteiger partial charge in [0.2, 0.25) is 0 Å². The number of nitrogens with two attached hydrogens (primary N) is 1. The van der Waals surface area contributed by atoms with Gasteiger partial charge in [-0.25, -0.2) is 0 Å². The van der Waals surface area contributed by atoms with Gasteiger partial charge in [-0.1, -0.05) is 18.2 Å². The first kappa shape index (κ1) is 26.1. The Bertz CT molecular complexity index is 864. The largest absolute Gasteiger partial charge is 0.497 e. The number of ether oxygens (including phenoxy) is 2. The van der Waals surface area contributed by atoms with Crippen LogP contribution in [0.1, 0.15) is 29.5 Å². The second kappa shape index (κ2) is 12.2. The van der Waals surface area contributed by atoms with Gasteiger partial charge in [0, 0.05) is 0 Å². The molecule has 3 N–H and O–H groups in total. The lowest BCUT2D eigenvalue weighted by atomic mass is 9.93. The monoisotopic (exact) mass is 474 g/mol. The lowest BCUT2D eigenvalue weighted by Gasteiger charge is -2.24. The highest BCUT2D eigenvalue weighted by atomic mass is 31.1. The maximum Gasteiger partial charge on any atom is 0.494 e. The average molecular weight is 474 g/mol. The zero-order valence-electron chi connectivity index (χ0n) is 17.8. The summed E-state index contributed by atoms with van der Waals surface area (Å²) in [6.07, 6.45) is -3.02. The predicted molar refractivity (Wildman–Crippen MR) is 116 cm³/mol. The number of hydrogen-bond donors (Lipinski definition) is 2. The van der Waals surface area contributed by atoms with Gasteiger partial charge in [0.1, 0.15) is 18.1 Å². The molecule has 0 radical (unpaired) electrons. The Balaban J connectivity index is 1.99. The molecule has 2 unspecified atom stereocenters. The van der Waals surface area contributed by atoms with Crippen molar-refractivity contribution in [2.24, 2.45) is 5.73 Å². The maximum atomic E-state index is 13.6. The Morgan fingerprint density at radius 3 is 2.34 bits per heavy atom. The smallest absolute Gasteiger partial charge is 0.494 e. The van der Waals surface area contributed by atoms with Crippen molar-refractivity contribution in [3.8, 4) is 11.5 Å². The highest BCUT2D eigenvalue weighted by Crippen LogP contribution is 2.37. The third-order valence-electron chi connectivity index (χ3n) is 5.02. The Labute approximate surface area is 186 Å². The molecular formula is C22H28F3NO5P+. The molecule has 0 bridgehead atoms. The van der Waals surface area contributed by atoms with Crippen molar-refractivity contribution in [2.45, 2.75) is 37.4 Å². The van der Waals surface area contributed by atoms with Crippen LogP contribution in [0.3, 0.4) is 0 Å². The second-order valence-corrected chi connectivity index (χ2v) is 7.98. The van der Waals surface area contributed by atoms with Crippen LogP contribution >= 0.6 is 8.69 Å². The average Bonchev–Trinajstić information content (AvgIpc) is 2.79. The van der Waals surface area contributed by atoms with Crippen molar-refractivity contribution in [3.63, 3.8) is 0 Å². The van der Waals surface area contributed by atoms with Crippen LogP contribution in [-0.4, -0.2) is 37.6 Å². The third kappa shape index (κ3) is 8.06. The molecule has 2 atom stereocenters. The number of aliphatic hydroxyl groups is 1. The molecule has 0 saturated heterocycles. The summed E-state index contributed by atoms with van der Waals surface area (Å²) in [7, 11) is 0.550. The molecule has 32 heavy (non-hydrogen) atoms. The molecule has 2 rings (SSSR count). The Hall–Kier alpha value is -2.19. The molecule has 0 aliphatic heterocycles. The van der Waals surface area contributed by atoms with E-state index in [2.05, 4.69) is 0 Å². The number of aryl methyl sites for hydroxylation is 2. The van der Waals surface area contributed by atoms with Gasteiger partial charge in [0.15, 0.2) is 0 Å². The van der Waals surface area contributed by atoms with E-state index in [0.717, 1.165) is 17.4 Å². The van der Waals surface area contributed by atoms with Crippen molar-refractivity contribution >= 4 is 8.69 Å². The number of hydrogen-bond acceptors (Lipinski definition) is 6. The van der Waals surface area contributed by atoms with Crippen molar-refractivity contribution in [2.75, 3.05) is 26.9 Å². The third-order valence-corrected chi connectivity index (χ3v) is 5.28. The minimum atomic E-state index is -4.58. The number of benzene rings is 2. The van der Waals surface area contributed by atoms with Gasteiger partial charge < -0.3 is 20.3 Å². The summed E-state index contributed by atoms with van der Waals surface area (Å²) in [5.74, 6) is 0.511. The summed E-state index contributed by atoms with van der Waals surface area (Å²) in [6.45, 7) is -0.468. The molecule has 0 spiro atoms. The zero-order valence-corrected chi connectivity index (χ0v) is 18.8. The summed E-state index contributed by atoms with van der Waals surface area (Å²) in [4.78, 5) is 0. The Morgan fingerprint density at radius 2 is 1.75 bits per heavy atom. The first-order chi connectivity index (χ1) is 15.2. The molecule has 10 heteroatoms. The van der Waals surface area contributed by atoms with Crippen molar-refractivity contribution in [1.82, 2.24) is 0 Å². The number of rotatable bonds is 13. The van der Waals surface area contributed by atoms with Crippen LogP contribution in [0.15, 0.2) is 42.5 Å². The van der Waals surface area contributed by atoms with Crippen LogP contribution in [0, 0.1) is 0 Å². The lowest BCUT2D eigenvalue weighted by Crippen LogP contribution is -2.47. The molecule has 176 valence electrons. The molecule has 0 saturated carbocycles. The Morgan fingerprint density at radius 1 is 1.06 bits per heavy atom. The van der Waals surface area contributed by atoms with Gasteiger partial charge in [-0.15, -0.1) is 4.52 Å². The molecule has 6 nitrogen and oxygen atoms in total. The zero-order chi connectivity index (χ0) is 23.6. The molecular weight excluding hydrogens is 446 g/mol. The van der Waals surface area contributed by atoms with E-state index in [9.17, 15) is 22.8 Å². The highest BCUT2D eigenvalue weighted by Gasteiger charge is 2.35. The van der Waals surface area contributed by atoms with Crippen molar-refractivity contribution in [3.05, 3.63) is 59.2 Å². The van der Waals surface area contributed by atoms with Gasteiger partial charge in [0.25, 0.3) is 0 Å². The first-order valence-electron chi connectivity index (χ1n) is 10.1. The highest BCUT2D eigenvalue weighted by molar-refractivity contribution is 7.17. The molecule has 0 heterocycles. The SMILES string of the molecule is COc1ccc(CCCOc2ccc(CCC(N)(CO)CO[PH+]=O)cc2C(F)(F)F)cc1. The summed E-state index contributed by atoms with van der Waals surface area (Å²) in [5, 5.41) is 9.44. The van der Waals surface area contributed by atoms with Crippen LogP contribution in [0.2, 0.25) is 0 Å². The summed E-state index contributed by atoms with van der Waals surface area (Å²) in [6, 6.07) is 11.4. The standard InChI is InChI=1S/C22H28F3NO5P/c1-29-18-7-4-16(5-8-18)3-2-12-30-20-9-6-17(13-19(20)22(23,24)25)10-11-21(26,14-27)15-31-32-28/h4-9,13,27,32H,2-3,10-12,14-15,26H2,1H3/q+1. The van der Waals surface area contributed by atoms with Gasteiger partial charge in [-0.2, -0.15) is 13.2 Å². The topological polar surface area (TPSA) is 91.0 Å². The first-order valence-corrected chi connectivity index (χ1v) is 10.9. The normalized spacial score (nSPS) is 13.7. The fraction of sp³-hybridized carbons (Fsp3) is 0.455. The summed E-state index contributed by atoms with van der Waals surface area (Å²) < 4.78 is 66.5. The molecule has 2 aromatic carbocycles. The summed E-state index contributed by atoms with van der Waals surface area (Å²) in [5.41, 5.74) is 5.36. The van der Waals surface area contributed by atoms with E-state index < -0.39 is 32.6 Å². The van der Waals surface area contributed by atoms with E-state index in [-0.39, 0.29) is 31.8 Å². The molecule has 0 aliphatic carbocycles. The van der Waals surface area contributed by atoms with Gasteiger partial charge >= 0.3 is 14.9 Å². The molecule has 0 amide bonds. The van der Waals surface area contributed by atoms with Crippen molar-refractivity contribution < 1.29 is 36.8 Å². The van der Waals surface area contributed by atoms with E-state index in [1.54, 1.807) is 13.2 Å². The van der Waals surface area contributed by atoms with E-state index >= 15 is 0 Å². The number of alkyl halides is 3. The quantitative estimate of drug-likeness (QED) is 0.332. The van der Waals surface area contributed by atoms with Crippen molar-refractivity contribution in [1.29, 1.82) is 0 Å². The van der Waals surface area contributed by atoms with Gasteiger partial charge in [0.05, 0.1) is 31.4 Å². The van der Waals surface area contributed by atoms with Gasteiger partial charge in [-0.3, -0.25) is 0 Å². The van der Waals surface area contributed by atoms with E-state index in [0.29, 0.717) is 18.4 Å². The second-order valence-electron chi connectivity index (χ2n) is 7.52. The van der Waals surface area contributed by atoms with E-state index in [4.69, 9.17) is 19.7 Å². The van der Waals surface area contributed by atoms with Crippen LogP contribution in [-0.2, 0) is 28.1 Å². The van der Waals surface area contributed by atoms with Crippen LogP contribution in [0.5, 0.6) is 11.5 Å². The molecule has 0 fully saturated rings. The molecule has 0 aromatic heterocycles. The van der Waals surface area contributed by atoms with E-state index in [1.807, 2.05) is 24.3 Å².